The van der Waals surface area contributed by atoms with Gasteiger partial charge >= 0.3 is 0 Å². The van der Waals surface area contributed by atoms with E-state index in [1.165, 1.54) is 0 Å². The van der Waals surface area contributed by atoms with Crippen LogP contribution in [-0.2, 0) is 23.2 Å². The van der Waals surface area contributed by atoms with Gasteiger partial charge in [-0.05, 0) is 65.1 Å². The molecule has 0 saturated heterocycles. The van der Waals surface area contributed by atoms with Crippen LogP contribution in [-0.4, -0.2) is 18.5 Å². The molecule has 0 fully saturated rings. The lowest BCUT2D eigenvalue weighted by Crippen LogP contribution is -2.47. The summed E-state index contributed by atoms with van der Waals surface area (Å²) in [6, 6.07) is 50.5. The molecule has 2 N–H and O–H groups in total. The van der Waals surface area contributed by atoms with Crippen molar-refractivity contribution in [2.45, 2.75) is 57.2 Å². The lowest BCUT2D eigenvalue weighted by molar-refractivity contribution is -0.123. The van der Waals surface area contributed by atoms with Gasteiger partial charge in [-0.3, -0.25) is 10.1 Å². The highest BCUT2D eigenvalue weighted by molar-refractivity contribution is 5.82. The van der Waals surface area contributed by atoms with Crippen molar-refractivity contribution >= 4 is 5.91 Å². The molecule has 244 valence electrons. The van der Waals surface area contributed by atoms with E-state index >= 15 is 0 Å². The van der Waals surface area contributed by atoms with Gasteiger partial charge in [0.1, 0.15) is 12.4 Å². The summed E-state index contributed by atoms with van der Waals surface area (Å²) >= 11 is 0. The van der Waals surface area contributed by atoms with Gasteiger partial charge in [-0.1, -0.05) is 147 Å². The van der Waals surface area contributed by atoms with Crippen molar-refractivity contribution in [2.75, 3.05) is 6.54 Å². The molecule has 48 heavy (non-hydrogen) atoms. The first kappa shape index (κ1) is 34.2. The van der Waals surface area contributed by atoms with E-state index in [-0.39, 0.29) is 17.9 Å². The average Bonchev–Trinajstić information content (AvgIpc) is 3.14. The van der Waals surface area contributed by atoms with Crippen LogP contribution in [0.1, 0.15) is 60.5 Å². The number of nitriles is 1. The highest BCUT2D eigenvalue weighted by Crippen LogP contribution is 2.36. The maximum atomic E-state index is 14.0. The molecule has 5 rings (SSSR count). The Bertz CT molecular complexity index is 1680. The number of hydrogen-bond acceptors (Lipinski definition) is 4. The molecule has 0 aliphatic heterocycles. The molecular formula is C43H45N3O2. The number of rotatable bonds is 16. The van der Waals surface area contributed by atoms with E-state index < -0.39 is 11.5 Å². The number of carbonyl (C=O) groups excluding carboxylic acids is 1. The summed E-state index contributed by atoms with van der Waals surface area (Å²) in [5.74, 6) is 0.850. The second-order valence-corrected chi connectivity index (χ2v) is 12.6. The molecule has 0 aromatic heterocycles. The monoisotopic (exact) mass is 635 g/mol. The molecule has 0 radical (unpaired) electrons. The summed E-state index contributed by atoms with van der Waals surface area (Å²) in [6.45, 7) is 5.17. The van der Waals surface area contributed by atoms with E-state index in [9.17, 15) is 10.1 Å². The molecule has 0 bridgehead atoms. The van der Waals surface area contributed by atoms with Gasteiger partial charge in [0.2, 0.25) is 5.91 Å². The van der Waals surface area contributed by atoms with Crippen LogP contribution in [0.4, 0.5) is 0 Å². The van der Waals surface area contributed by atoms with Gasteiger partial charge in [-0.25, -0.2) is 0 Å². The minimum atomic E-state index is -0.611. The van der Waals surface area contributed by atoms with Crippen molar-refractivity contribution in [3.8, 4) is 11.8 Å². The third-order valence-corrected chi connectivity index (χ3v) is 9.08. The summed E-state index contributed by atoms with van der Waals surface area (Å²) in [6.07, 6.45) is 1.84. The largest absolute Gasteiger partial charge is 0.489 e. The molecule has 5 nitrogen and oxygen atoms in total. The minimum absolute atomic E-state index is 0.0666. The first-order valence-corrected chi connectivity index (χ1v) is 16.8. The van der Waals surface area contributed by atoms with Gasteiger partial charge < -0.3 is 10.1 Å². The van der Waals surface area contributed by atoms with Gasteiger partial charge in [-0.15, -0.1) is 0 Å². The molecule has 0 saturated carbocycles. The SMILES string of the molecule is CC(C)[C@@](C#N)(CCCNC(=O)[C@H](Cc1ccc(OCc2ccccc2)cc1)NC(c1ccccc1)c1ccccc1)c1ccccc1. The Hall–Kier alpha value is -5.18. The molecule has 0 aliphatic carbocycles. The van der Waals surface area contributed by atoms with Crippen LogP contribution in [0.5, 0.6) is 5.75 Å². The number of ether oxygens (including phenoxy) is 1. The van der Waals surface area contributed by atoms with E-state index in [2.05, 4.69) is 54.8 Å². The Morgan fingerprint density at radius 2 is 1.27 bits per heavy atom. The van der Waals surface area contributed by atoms with Crippen LogP contribution in [0.2, 0.25) is 0 Å². The van der Waals surface area contributed by atoms with Crippen LogP contribution in [0.3, 0.4) is 0 Å². The van der Waals surface area contributed by atoms with Crippen LogP contribution in [0, 0.1) is 17.2 Å². The quantitative estimate of drug-likeness (QED) is 0.107. The van der Waals surface area contributed by atoms with Crippen LogP contribution in [0.15, 0.2) is 146 Å². The summed E-state index contributed by atoms with van der Waals surface area (Å²) in [4.78, 5) is 14.0. The normalized spacial score (nSPS) is 13.0. The first-order valence-electron chi connectivity index (χ1n) is 16.8. The Balaban J connectivity index is 1.31. The van der Waals surface area contributed by atoms with Gasteiger partial charge in [0.05, 0.1) is 23.6 Å². The van der Waals surface area contributed by atoms with Gasteiger partial charge in [0.15, 0.2) is 0 Å². The minimum Gasteiger partial charge on any atom is -0.489 e. The second kappa shape index (κ2) is 17.1. The number of benzene rings is 5. The molecule has 5 aromatic rings. The zero-order valence-electron chi connectivity index (χ0n) is 27.9. The number of carbonyl (C=O) groups is 1. The summed E-state index contributed by atoms with van der Waals surface area (Å²) in [5, 5.41) is 17.3. The summed E-state index contributed by atoms with van der Waals surface area (Å²) in [7, 11) is 0. The summed E-state index contributed by atoms with van der Waals surface area (Å²) < 4.78 is 6.01. The maximum Gasteiger partial charge on any atom is 0.237 e. The lowest BCUT2D eigenvalue weighted by Gasteiger charge is -2.31. The maximum absolute atomic E-state index is 14.0. The lowest BCUT2D eigenvalue weighted by atomic mass is 9.70. The highest BCUT2D eigenvalue weighted by Gasteiger charge is 2.35. The van der Waals surface area contributed by atoms with Crippen molar-refractivity contribution in [1.82, 2.24) is 10.6 Å². The predicted molar refractivity (Wildman–Crippen MR) is 193 cm³/mol. The van der Waals surface area contributed by atoms with Crippen molar-refractivity contribution in [2.24, 2.45) is 5.92 Å². The van der Waals surface area contributed by atoms with Crippen molar-refractivity contribution in [3.05, 3.63) is 173 Å². The van der Waals surface area contributed by atoms with Crippen molar-refractivity contribution in [3.63, 3.8) is 0 Å². The first-order chi connectivity index (χ1) is 23.5. The molecule has 0 unspecified atom stereocenters. The Morgan fingerprint density at radius 3 is 1.81 bits per heavy atom. The Morgan fingerprint density at radius 1 is 0.729 bits per heavy atom. The number of hydrogen-bond donors (Lipinski definition) is 2. The highest BCUT2D eigenvalue weighted by atomic mass is 16.5. The van der Waals surface area contributed by atoms with E-state index in [0.717, 1.165) is 33.6 Å². The fraction of sp³-hybridized carbons (Fsp3) is 0.256. The molecule has 0 heterocycles. The molecule has 5 heteroatoms. The zero-order valence-corrected chi connectivity index (χ0v) is 27.9. The number of nitrogens with one attached hydrogen (secondary N) is 2. The second-order valence-electron chi connectivity index (χ2n) is 12.6. The van der Waals surface area contributed by atoms with Crippen LogP contribution >= 0.6 is 0 Å². The Labute approximate surface area is 285 Å². The zero-order chi connectivity index (χ0) is 33.6. The topological polar surface area (TPSA) is 74.2 Å². The Kier molecular flexibility index (Phi) is 12.2. The number of amides is 1. The van der Waals surface area contributed by atoms with Crippen LogP contribution < -0.4 is 15.4 Å². The van der Waals surface area contributed by atoms with Crippen LogP contribution in [0.25, 0.3) is 0 Å². The van der Waals surface area contributed by atoms with E-state index in [0.29, 0.717) is 32.4 Å². The molecule has 1 amide bonds. The summed E-state index contributed by atoms with van der Waals surface area (Å²) in [5.41, 5.74) is 4.73. The van der Waals surface area contributed by atoms with Gasteiger partial charge in [0, 0.05) is 6.54 Å². The smallest absolute Gasteiger partial charge is 0.237 e. The molecule has 0 spiro atoms. The molecular weight excluding hydrogens is 590 g/mol. The van der Waals surface area contributed by atoms with Crippen molar-refractivity contribution in [1.29, 1.82) is 5.26 Å². The fourth-order valence-corrected chi connectivity index (χ4v) is 6.26. The average molecular weight is 636 g/mol. The number of nitrogens with zero attached hydrogens (tertiary/aromatic N) is 1. The van der Waals surface area contributed by atoms with E-state index in [4.69, 9.17) is 4.74 Å². The molecule has 0 aliphatic rings. The third-order valence-electron chi connectivity index (χ3n) is 9.08. The van der Waals surface area contributed by atoms with Crippen molar-refractivity contribution < 1.29 is 9.53 Å². The van der Waals surface area contributed by atoms with Gasteiger partial charge in [0.25, 0.3) is 0 Å². The fourth-order valence-electron chi connectivity index (χ4n) is 6.26. The third kappa shape index (κ3) is 9.00. The predicted octanol–water partition coefficient (Wildman–Crippen LogP) is 8.57. The van der Waals surface area contributed by atoms with E-state index in [1.54, 1.807) is 0 Å². The molecule has 2 atom stereocenters. The van der Waals surface area contributed by atoms with Gasteiger partial charge in [-0.2, -0.15) is 5.26 Å². The van der Waals surface area contributed by atoms with E-state index in [1.807, 2.05) is 121 Å². The standard InChI is InChI=1S/C43H45N3O2/c1-33(2)43(32-44,38-22-13-6-14-23-38)28-15-29-45-42(47)40(46-41(36-18-9-4-10-19-36)37-20-11-5-12-21-37)30-34-24-26-39(27-25-34)48-31-35-16-7-3-8-17-35/h3-14,16-27,33,40-41,46H,15,28-31H2,1-2H3,(H,45,47)/t40-,43-/m0/s1. The molecule has 5 aromatic carbocycles.